The highest BCUT2D eigenvalue weighted by atomic mass is 32.2. The number of sulfonamides is 1. The molecule has 0 atom stereocenters. The lowest BCUT2D eigenvalue weighted by molar-refractivity contribution is 0.598. The summed E-state index contributed by atoms with van der Waals surface area (Å²) in [6, 6.07) is 6.70. The number of hydrogen-bond donors (Lipinski definition) is 1. The van der Waals surface area contributed by atoms with E-state index in [-0.39, 0.29) is 4.90 Å². The largest absolute Gasteiger partial charge is 0.338 e. The highest BCUT2D eigenvalue weighted by molar-refractivity contribution is 7.90. The summed E-state index contributed by atoms with van der Waals surface area (Å²) in [7, 11) is -1.88. The maximum absolute atomic E-state index is 12.1. The fraction of sp³-hybridized carbons (Fsp3) is 0.167. The highest BCUT2D eigenvalue weighted by Gasteiger charge is 2.26. The van der Waals surface area contributed by atoms with E-state index < -0.39 is 10.0 Å². The highest BCUT2D eigenvalue weighted by Crippen LogP contribution is 2.28. The van der Waals surface area contributed by atoms with Crippen molar-refractivity contribution >= 4 is 21.5 Å². The number of anilines is 1. The minimum Gasteiger partial charge on any atom is -0.338 e. The molecule has 2 heterocycles. The molecule has 19 heavy (non-hydrogen) atoms. The second-order valence-electron chi connectivity index (χ2n) is 4.34. The molecule has 1 aliphatic rings. The van der Waals surface area contributed by atoms with Crippen LogP contribution in [-0.4, -0.2) is 24.0 Å². The fourth-order valence-electron chi connectivity index (χ4n) is 2.06. The summed E-state index contributed by atoms with van der Waals surface area (Å²) >= 11 is 0. The Labute approximate surface area is 110 Å². The van der Waals surface area contributed by atoms with Gasteiger partial charge in [0.05, 0.1) is 16.9 Å². The van der Waals surface area contributed by atoms with Crippen molar-refractivity contribution in [2.75, 3.05) is 5.32 Å². The number of aromatic nitrogens is 2. The molecule has 1 aromatic carbocycles. The quantitative estimate of drug-likeness (QED) is 0.851. The molecule has 6 nitrogen and oxygen atoms in total. The molecule has 0 spiro atoms. The number of nitrogens with zero attached hydrogens (tertiary/aromatic N) is 3. The van der Waals surface area contributed by atoms with Crippen molar-refractivity contribution in [2.45, 2.75) is 11.8 Å². The molecule has 1 aromatic heterocycles. The number of para-hydroxylation sites is 1. The van der Waals surface area contributed by atoms with Crippen molar-refractivity contribution in [1.82, 2.24) is 9.78 Å². The van der Waals surface area contributed by atoms with Crippen molar-refractivity contribution in [3.05, 3.63) is 41.7 Å². The summed E-state index contributed by atoms with van der Waals surface area (Å²) in [4.78, 5) is 0.195. The van der Waals surface area contributed by atoms with Crippen LogP contribution in [0.4, 0.5) is 5.69 Å². The van der Waals surface area contributed by atoms with Gasteiger partial charge in [0.25, 0.3) is 10.0 Å². The zero-order chi connectivity index (χ0) is 13.6. The van der Waals surface area contributed by atoms with Gasteiger partial charge in [-0.25, -0.2) is 0 Å². The Bertz CT molecular complexity index is 790. The third kappa shape index (κ3) is 1.91. The van der Waals surface area contributed by atoms with Crippen LogP contribution in [-0.2, 0) is 17.1 Å². The molecule has 0 fully saturated rings. The Morgan fingerprint density at radius 2 is 2.00 bits per heavy atom. The Morgan fingerprint density at radius 1 is 1.26 bits per heavy atom. The maximum atomic E-state index is 12.1. The Kier molecular flexibility index (Phi) is 2.46. The molecule has 3 rings (SSSR count). The number of amidine groups is 1. The van der Waals surface area contributed by atoms with Crippen LogP contribution in [0.1, 0.15) is 11.3 Å². The van der Waals surface area contributed by atoms with Crippen LogP contribution in [0.25, 0.3) is 0 Å². The number of benzene rings is 1. The summed E-state index contributed by atoms with van der Waals surface area (Å²) in [6.45, 7) is 1.81. The topological polar surface area (TPSA) is 76.3 Å². The van der Waals surface area contributed by atoms with Crippen LogP contribution in [0.5, 0.6) is 0 Å². The van der Waals surface area contributed by atoms with Crippen LogP contribution < -0.4 is 5.32 Å². The van der Waals surface area contributed by atoms with E-state index in [0.717, 1.165) is 5.69 Å². The average Bonchev–Trinajstić information content (AvgIpc) is 2.68. The summed E-state index contributed by atoms with van der Waals surface area (Å²) in [5.41, 5.74) is 1.94. The van der Waals surface area contributed by atoms with Crippen molar-refractivity contribution in [3.8, 4) is 0 Å². The van der Waals surface area contributed by atoms with Gasteiger partial charge in [0.15, 0.2) is 5.84 Å². The molecule has 2 aromatic rings. The number of rotatable bonds is 1. The van der Waals surface area contributed by atoms with Gasteiger partial charge in [0.1, 0.15) is 4.90 Å². The standard InChI is InChI=1S/C12H12N4O2S/c1-8-9(7-16(2)14-8)12-13-10-5-3-4-6-11(10)19(17,18)15-12/h3-7H,1-2H3,(H,13,15). The molecule has 0 saturated carbocycles. The van der Waals surface area contributed by atoms with Crippen molar-refractivity contribution < 1.29 is 8.42 Å². The van der Waals surface area contributed by atoms with Gasteiger partial charge < -0.3 is 5.32 Å². The van der Waals surface area contributed by atoms with Gasteiger partial charge >= 0.3 is 0 Å². The van der Waals surface area contributed by atoms with Gasteiger partial charge in [0, 0.05) is 13.2 Å². The molecular formula is C12H12N4O2S. The van der Waals surface area contributed by atoms with Gasteiger partial charge in [-0.1, -0.05) is 12.1 Å². The predicted octanol–water partition coefficient (Wildman–Crippen LogP) is 1.29. The van der Waals surface area contributed by atoms with E-state index in [1.165, 1.54) is 6.07 Å². The van der Waals surface area contributed by atoms with Gasteiger partial charge in [0.2, 0.25) is 0 Å². The van der Waals surface area contributed by atoms with E-state index in [9.17, 15) is 8.42 Å². The van der Waals surface area contributed by atoms with E-state index in [2.05, 4.69) is 14.8 Å². The molecule has 1 N–H and O–H groups in total. The zero-order valence-corrected chi connectivity index (χ0v) is 11.3. The fourth-order valence-corrected chi connectivity index (χ4v) is 3.19. The third-order valence-corrected chi connectivity index (χ3v) is 4.23. The second-order valence-corrected chi connectivity index (χ2v) is 5.91. The number of nitrogens with one attached hydrogen (secondary N) is 1. The molecular weight excluding hydrogens is 264 g/mol. The van der Waals surface area contributed by atoms with Crippen LogP contribution in [0.3, 0.4) is 0 Å². The monoisotopic (exact) mass is 276 g/mol. The van der Waals surface area contributed by atoms with Crippen LogP contribution in [0, 0.1) is 6.92 Å². The molecule has 0 saturated heterocycles. The first kappa shape index (κ1) is 11.9. The first-order chi connectivity index (χ1) is 8.97. The number of hydrogen-bond acceptors (Lipinski definition) is 4. The van der Waals surface area contributed by atoms with Gasteiger partial charge in [-0.2, -0.15) is 13.5 Å². The van der Waals surface area contributed by atoms with E-state index in [4.69, 9.17) is 0 Å². The van der Waals surface area contributed by atoms with Gasteiger partial charge in [-0.05, 0) is 19.1 Å². The van der Waals surface area contributed by atoms with Crippen LogP contribution >= 0.6 is 0 Å². The lowest BCUT2D eigenvalue weighted by Gasteiger charge is -2.17. The lowest BCUT2D eigenvalue weighted by Crippen LogP contribution is -2.22. The summed E-state index contributed by atoms with van der Waals surface area (Å²) in [5, 5.41) is 7.23. The minimum atomic E-state index is -3.66. The Morgan fingerprint density at radius 3 is 2.68 bits per heavy atom. The zero-order valence-electron chi connectivity index (χ0n) is 10.5. The molecule has 0 amide bonds. The smallest absolute Gasteiger partial charge is 0.286 e. The summed E-state index contributed by atoms with van der Waals surface area (Å²) < 4.78 is 29.7. The molecule has 7 heteroatoms. The van der Waals surface area contributed by atoms with E-state index in [1.807, 2.05) is 6.92 Å². The molecule has 1 aliphatic heterocycles. The van der Waals surface area contributed by atoms with Crippen molar-refractivity contribution in [3.63, 3.8) is 0 Å². The average molecular weight is 276 g/mol. The lowest BCUT2D eigenvalue weighted by atomic mass is 10.2. The molecule has 0 radical (unpaired) electrons. The molecule has 0 bridgehead atoms. The SMILES string of the molecule is Cc1nn(C)cc1C1=NS(=O)(=O)c2ccccc2N1. The number of aryl methyl sites for hydroxylation is 2. The molecule has 98 valence electrons. The third-order valence-electron chi connectivity index (χ3n) is 2.90. The normalized spacial score (nSPS) is 16.4. The van der Waals surface area contributed by atoms with Gasteiger partial charge in [-0.3, -0.25) is 4.68 Å². The van der Waals surface area contributed by atoms with Crippen molar-refractivity contribution in [1.29, 1.82) is 0 Å². The van der Waals surface area contributed by atoms with Crippen molar-refractivity contribution in [2.24, 2.45) is 11.4 Å². The molecule has 0 unspecified atom stereocenters. The predicted molar refractivity (Wildman–Crippen MR) is 71.7 cm³/mol. The second kappa shape index (κ2) is 3.92. The van der Waals surface area contributed by atoms with E-state index in [0.29, 0.717) is 17.1 Å². The summed E-state index contributed by atoms with van der Waals surface area (Å²) in [6.07, 6.45) is 1.74. The minimum absolute atomic E-state index is 0.195. The van der Waals surface area contributed by atoms with Gasteiger partial charge in [-0.15, -0.1) is 4.40 Å². The maximum Gasteiger partial charge on any atom is 0.286 e. The number of fused-ring (bicyclic) bond motifs is 1. The van der Waals surface area contributed by atoms with E-state index in [1.54, 1.807) is 36.1 Å². The summed E-state index contributed by atoms with van der Waals surface area (Å²) in [5.74, 6) is 0.310. The first-order valence-electron chi connectivity index (χ1n) is 5.69. The molecule has 0 aliphatic carbocycles. The Balaban J connectivity index is 2.18. The van der Waals surface area contributed by atoms with Crippen LogP contribution in [0.15, 0.2) is 39.8 Å². The first-order valence-corrected chi connectivity index (χ1v) is 7.13. The van der Waals surface area contributed by atoms with E-state index >= 15 is 0 Å². The van der Waals surface area contributed by atoms with Crippen LogP contribution in [0.2, 0.25) is 0 Å². The Hall–Kier alpha value is -2.15.